The fourth-order valence-electron chi connectivity index (χ4n) is 1.08. The summed E-state index contributed by atoms with van der Waals surface area (Å²) < 4.78 is 0. The largest absolute Gasteiger partial charge is 0.290 e. The molecule has 0 saturated carbocycles. The first-order valence-corrected chi connectivity index (χ1v) is 4.95. The Kier molecular flexibility index (Phi) is 5.28. The van der Waals surface area contributed by atoms with Gasteiger partial charge in [0, 0.05) is 12.8 Å². The van der Waals surface area contributed by atoms with Gasteiger partial charge < -0.3 is 0 Å². The molecule has 0 unspecified atom stereocenters. The van der Waals surface area contributed by atoms with Gasteiger partial charge in [-0.25, -0.2) is 0 Å². The van der Waals surface area contributed by atoms with Gasteiger partial charge in [0.15, 0.2) is 0 Å². The molecule has 0 bridgehead atoms. The molecule has 0 amide bonds. The van der Waals surface area contributed by atoms with Gasteiger partial charge in [-0.15, -0.1) is 0 Å². The van der Waals surface area contributed by atoms with Crippen LogP contribution in [0.4, 0.5) is 0 Å². The Morgan fingerprint density at radius 1 is 0.786 bits per heavy atom. The number of Topliss-reactive ketones (excluding diaryl/α,β-unsaturated/α-hetero) is 3. The summed E-state index contributed by atoms with van der Waals surface area (Å²) in [6.07, 6.45) is 0.339. The molecule has 0 atom stereocenters. The standard InChI is InChI=1S/C11H18O3/c1-7(2)5-9(12)11(14)10(13)6-8(3)4/h7-8H,5-6H2,1-4H3. The Labute approximate surface area is 84.9 Å². The zero-order valence-electron chi connectivity index (χ0n) is 9.29. The summed E-state index contributed by atoms with van der Waals surface area (Å²) in [5.74, 6) is -1.68. The number of hydrogen-bond donors (Lipinski definition) is 0. The van der Waals surface area contributed by atoms with Crippen molar-refractivity contribution >= 4 is 17.3 Å². The lowest BCUT2D eigenvalue weighted by molar-refractivity contribution is -0.144. The Balaban J connectivity index is 4.19. The van der Waals surface area contributed by atoms with Crippen molar-refractivity contribution in [1.82, 2.24) is 0 Å². The second-order valence-corrected chi connectivity index (χ2v) is 4.37. The number of carbonyl (C=O) groups excluding carboxylic acids is 3. The SMILES string of the molecule is CC(C)CC(=O)C(=O)C(=O)CC(C)C. The number of hydrogen-bond acceptors (Lipinski definition) is 3. The van der Waals surface area contributed by atoms with Crippen molar-refractivity contribution in [2.45, 2.75) is 40.5 Å². The molecule has 0 aliphatic heterocycles. The van der Waals surface area contributed by atoms with Crippen LogP contribution in [-0.2, 0) is 14.4 Å². The Hall–Kier alpha value is -0.990. The minimum absolute atomic E-state index is 0.123. The van der Waals surface area contributed by atoms with E-state index < -0.39 is 17.3 Å². The maximum atomic E-state index is 11.2. The molecule has 0 rings (SSSR count). The first-order chi connectivity index (χ1) is 6.34. The van der Waals surface area contributed by atoms with E-state index >= 15 is 0 Å². The van der Waals surface area contributed by atoms with Crippen molar-refractivity contribution in [3.05, 3.63) is 0 Å². The van der Waals surface area contributed by atoms with Crippen LogP contribution < -0.4 is 0 Å². The second kappa shape index (κ2) is 5.68. The van der Waals surface area contributed by atoms with Crippen LogP contribution in [0.25, 0.3) is 0 Å². The third kappa shape index (κ3) is 4.90. The van der Waals surface area contributed by atoms with E-state index in [1.165, 1.54) is 0 Å². The van der Waals surface area contributed by atoms with Crippen molar-refractivity contribution in [2.24, 2.45) is 11.8 Å². The molecule has 3 nitrogen and oxygen atoms in total. The van der Waals surface area contributed by atoms with Crippen LogP contribution in [0.5, 0.6) is 0 Å². The summed E-state index contributed by atoms with van der Waals surface area (Å²) in [4.78, 5) is 33.6. The summed E-state index contributed by atoms with van der Waals surface area (Å²) in [7, 11) is 0. The van der Waals surface area contributed by atoms with Gasteiger partial charge in [-0.1, -0.05) is 27.7 Å². The van der Waals surface area contributed by atoms with Gasteiger partial charge in [-0.2, -0.15) is 0 Å². The molecule has 0 aliphatic rings. The van der Waals surface area contributed by atoms with Crippen molar-refractivity contribution in [2.75, 3.05) is 0 Å². The average molecular weight is 198 g/mol. The molecule has 0 aromatic heterocycles. The highest BCUT2D eigenvalue weighted by Crippen LogP contribution is 2.05. The Morgan fingerprint density at radius 3 is 1.29 bits per heavy atom. The van der Waals surface area contributed by atoms with Crippen LogP contribution in [0.1, 0.15) is 40.5 Å². The van der Waals surface area contributed by atoms with Crippen LogP contribution in [0.3, 0.4) is 0 Å². The zero-order chi connectivity index (χ0) is 11.3. The van der Waals surface area contributed by atoms with Crippen molar-refractivity contribution in [1.29, 1.82) is 0 Å². The fraction of sp³-hybridized carbons (Fsp3) is 0.727. The smallest absolute Gasteiger partial charge is 0.264 e. The van der Waals surface area contributed by atoms with Crippen LogP contribution in [0.2, 0.25) is 0 Å². The minimum atomic E-state index is -0.826. The highest BCUT2D eigenvalue weighted by Gasteiger charge is 2.23. The normalized spacial score (nSPS) is 10.7. The molecule has 0 saturated heterocycles. The van der Waals surface area contributed by atoms with Gasteiger partial charge in [-0.3, -0.25) is 14.4 Å². The highest BCUT2D eigenvalue weighted by molar-refractivity contribution is 6.63. The molecular formula is C11H18O3. The van der Waals surface area contributed by atoms with Crippen LogP contribution in [-0.4, -0.2) is 17.3 Å². The highest BCUT2D eigenvalue weighted by atomic mass is 16.2. The summed E-state index contributed by atoms with van der Waals surface area (Å²) >= 11 is 0. The molecule has 0 N–H and O–H groups in total. The molecule has 0 aromatic rings. The number of carbonyl (C=O) groups is 3. The summed E-state index contributed by atoms with van der Waals surface area (Å²) in [5, 5.41) is 0. The lowest BCUT2D eigenvalue weighted by atomic mass is 9.98. The maximum Gasteiger partial charge on any atom is 0.264 e. The minimum Gasteiger partial charge on any atom is -0.290 e. The predicted molar refractivity (Wildman–Crippen MR) is 53.9 cm³/mol. The van der Waals surface area contributed by atoms with Gasteiger partial charge in [0.05, 0.1) is 0 Å². The number of rotatable bonds is 6. The maximum absolute atomic E-state index is 11.2. The molecule has 14 heavy (non-hydrogen) atoms. The molecule has 3 heteroatoms. The van der Waals surface area contributed by atoms with E-state index in [0.717, 1.165) is 0 Å². The number of ketones is 3. The topological polar surface area (TPSA) is 51.2 Å². The first kappa shape index (κ1) is 13.0. The van der Waals surface area contributed by atoms with E-state index in [1.54, 1.807) is 0 Å². The summed E-state index contributed by atoms with van der Waals surface area (Å²) in [6, 6.07) is 0. The molecule has 0 spiro atoms. The molecular weight excluding hydrogens is 180 g/mol. The summed E-state index contributed by atoms with van der Waals surface area (Å²) in [6.45, 7) is 7.38. The predicted octanol–water partition coefficient (Wildman–Crippen LogP) is 1.79. The third-order valence-electron chi connectivity index (χ3n) is 1.69. The van der Waals surface area contributed by atoms with Crippen molar-refractivity contribution < 1.29 is 14.4 Å². The van der Waals surface area contributed by atoms with Gasteiger partial charge in [0.25, 0.3) is 5.78 Å². The monoisotopic (exact) mass is 198 g/mol. The zero-order valence-corrected chi connectivity index (χ0v) is 9.29. The van der Waals surface area contributed by atoms with Crippen molar-refractivity contribution in [3.63, 3.8) is 0 Å². The molecule has 0 aromatic carbocycles. The Bertz CT molecular complexity index is 215. The van der Waals surface area contributed by atoms with Crippen LogP contribution in [0, 0.1) is 11.8 Å². The molecule has 0 heterocycles. The van der Waals surface area contributed by atoms with Gasteiger partial charge in [0.1, 0.15) is 0 Å². The van der Waals surface area contributed by atoms with E-state index in [-0.39, 0.29) is 24.7 Å². The molecule has 0 fully saturated rings. The van der Waals surface area contributed by atoms with E-state index in [2.05, 4.69) is 0 Å². The van der Waals surface area contributed by atoms with Crippen LogP contribution in [0.15, 0.2) is 0 Å². The fourth-order valence-corrected chi connectivity index (χ4v) is 1.08. The van der Waals surface area contributed by atoms with E-state index in [9.17, 15) is 14.4 Å². The average Bonchev–Trinajstić information content (AvgIpc) is 2.00. The quantitative estimate of drug-likeness (QED) is 0.483. The van der Waals surface area contributed by atoms with Gasteiger partial charge >= 0.3 is 0 Å². The molecule has 0 radical (unpaired) electrons. The van der Waals surface area contributed by atoms with E-state index in [4.69, 9.17) is 0 Å². The lowest BCUT2D eigenvalue weighted by Crippen LogP contribution is -2.25. The summed E-state index contributed by atoms with van der Waals surface area (Å²) in [5.41, 5.74) is 0. The van der Waals surface area contributed by atoms with E-state index in [1.807, 2.05) is 27.7 Å². The first-order valence-electron chi connectivity index (χ1n) is 4.95. The van der Waals surface area contributed by atoms with Gasteiger partial charge in [0.2, 0.25) is 11.6 Å². The second-order valence-electron chi connectivity index (χ2n) is 4.37. The Morgan fingerprint density at radius 2 is 1.07 bits per heavy atom. The van der Waals surface area contributed by atoms with Crippen molar-refractivity contribution in [3.8, 4) is 0 Å². The molecule has 0 aliphatic carbocycles. The lowest BCUT2D eigenvalue weighted by Gasteiger charge is -2.04. The third-order valence-corrected chi connectivity index (χ3v) is 1.69. The molecule has 80 valence electrons. The van der Waals surface area contributed by atoms with E-state index in [0.29, 0.717) is 0 Å². The van der Waals surface area contributed by atoms with Crippen LogP contribution >= 0.6 is 0 Å². The van der Waals surface area contributed by atoms with Gasteiger partial charge in [-0.05, 0) is 11.8 Å².